The average molecular weight is 415 g/mol. The first-order valence-corrected chi connectivity index (χ1v) is 11.4. The number of aromatic nitrogens is 1. The molecule has 5 nitrogen and oxygen atoms in total. The Kier molecular flexibility index (Phi) is 7.08. The maximum atomic E-state index is 6.64. The molecule has 3 unspecified atom stereocenters. The van der Waals surface area contributed by atoms with Crippen LogP contribution in [0.5, 0.6) is 0 Å². The fraction of sp³-hybridized carbons (Fsp3) is 0.522. The zero-order valence-electron chi connectivity index (χ0n) is 17.2. The molecule has 2 aromatic rings. The highest BCUT2D eigenvalue weighted by molar-refractivity contribution is 8.03. The van der Waals surface area contributed by atoms with E-state index in [0.29, 0.717) is 6.61 Å². The molecule has 1 aliphatic heterocycles. The van der Waals surface area contributed by atoms with Gasteiger partial charge in [0.15, 0.2) is 6.39 Å². The highest BCUT2D eigenvalue weighted by Crippen LogP contribution is 2.34. The molecule has 1 N–H and O–H groups in total. The zero-order chi connectivity index (χ0) is 20.1. The molecule has 1 aromatic carbocycles. The van der Waals surface area contributed by atoms with Gasteiger partial charge in [-0.1, -0.05) is 23.8 Å². The van der Waals surface area contributed by atoms with Crippen LogP contribution in [0.15, 0.2) is 46.3 Å². The van der Waals surface area contributed by atoms with Crippen molar-refractivity contribution in [2.45, 2.75) is 57.8 Å². The minimum atomic E-state index is -0.208. The Hall–Kier alpha value is -1.60. The van der Waals surface area contributed by atoms with Crippen molar-refractivity contribution < 1.29 is 13.9 Å². The molecule has 0 amide bonds. The summed E-state index contributed by atoms with van der Waals surface area (Å²) in [6, 6.07) is 6.48. The van der Waals surface area contributed by atoms with Crippen LogP contribution in [0.25, 0.3) is 0 Å². The van der Waals surface area contributed by atoms with Crippen molar-refractivity contribution >= 4 is 11.8 Å². The number of hydrogen-bond donors (Lipinski definition) is 1. The lowest BCUT2D eigenvalue weighted by Crippen LogP contribution is -2.30. The van der Waals surface area contributed by atoms with Gasteiger partial charge in [0, 0.05) is 12.4 Å². The highest BCUT2D eigenvalue weighted by atomic mass is 32.2. The number of ether oxygens (including phenoxy) is 2. The largest absolute Gasteiger partial charge is 0.451 e. The highest BCUT2D eigenvalue weighted by Gasteiger charge is 2.29. The number of oxazole rings is 1. The minimum Gasteiger partial charge on any atom is -0.451 e. The van der Waals surface area contributed by atoms with Crippen LogP contribution >= 0.6 is 11.8 Å². The summed E-state index contributed by atoms with van der Waals surface area (Å²) in [5.41, 5.74) is 4.43. The van der Waals surface area contributed by atoms with E-state index in [1.165, 1.54) is 22.4 Å². The average Bonchev–Trinajstić information content (AvgIpc) is 3.43. The molecule has 0 bridgehead atoms. The first-order valence-electron chi connectivity index (χ1n) is 10.4. The van der Waals surface area contributed by atoms with Gasteiger partial charge < -0.3 is 19.2 Å². The monoisotopic (exact) mass is 414 g/mol. The van der Waals surface area contributed by atoms with Crippen molar-refractivity contribution in [3.63, 3.8) is 0 Å². The Morgan fingerprint density at radius 1 is 1.31 bits per heavy atom. The van der Waals surface area contributed by atoms with E-state index in [2.05, 4.69) is 48.4 Å². The lowest BCUT2D eigenvalue weighted by atomic mass is 9.93. The number of nitrogens with zero attached hydrogens (tertiary/aromatic N) is 1. The molecule has 6 heteroatoms. The van der Waals surface area contributed by atoms with Crippen molar-refractivity contribution in [3.8, 4) is 0 Å². The standard InChI is InChI=1S/C23H30N2O3S/c1-16-6-7-17(2)21(10-16)23(22-13-26-14-25-22)28-19-5-3-4-18(11-19)27-9-8-20-12-24-15-29-20/h6-8,10,13-14,18-19,23-24H,3-5,9,11-12,15H2,1-2H3. The second-order valence-corrected chi connectivity index (χ2v) is 9.02. The van der Waals surface area contributed by atoms with E-state index in [0.717, 1.165) is 49.4 Å². The van der Waals surface area contributed by atoms with Gasteiger partial charge in [0.25, 0.3) is 0 Å². The molecule has 2 fully saturated rings. The SMILES string of the molecule is Cc1ccc(C)c(C(OC2CCCC(OCC=C3CNCS3)C2)c2cocn2)c1. The van der Waals surface area contributed by atoms with Crippen LogP contribution in [0.3, 0.4) is 0 Å². The molecule has 1 saturated heterocycles. The van der Waals surface area contributed by atoms with E-state index < -0.39 is 0 Å². The van der Waals surface area contributed by atoms with Gasteiger partial charge in [0.05, 0.1) is 18.8 Å². The van der Waals surface area contributed by atoms with Gasteiger partial charge in [-0.2, -0.15) is 0 Å². The normalized spacial score (nSPS) is 24.8. The molecular formula is C23H30N2O3S. The van der Waals surface area contributed by atoms with Crippen molar-refractivity contribution in [1.82, 2.24) is 10.3 Å². The number of aryl methyl sites for hydroxylation is 2. The Bertz CT molecular complexity index is 814. The Labute approximate surface area is 177 Å². The number of hydrogen-bond acceptors (Lipinski definition) is 6. The molecule has 4 rings (SSSR count). The van der Waals surface area contributed by atoms with Gasteiger partial charge >= 0.3 is 0 Å². The lowest BCUT2D eigenvalue weighted by Gasteiger charge is -2.32. The molecule has 2 aliphatic rings. The summed E-state index contributed by atoms with van der Waals surface area (Å²) in [7, 11) is 0. The maximum Gasteiger partial charge on any atom is 0.180 e. The van der Waals surface area contributed by atoms with Gasteiger partial charge in [-0.15, -0.1) is 11.8 Å². The maximum absolute atomic E-state index is 6.64. The summed E-state index contributed by atoms with van der Waals surface area (Å²) in [6.07, 6.45) is 9.80. The van der Waals surface area contributed by atoms with E-state index in [-0.39, 0.29) is 18.3 Å². The van der Waals surface area contributed by atoms with E-state index in [9.17, 15) is 0 Å². The molecule has 0 radical (unpaired) electrons. The third kappa shape index (κ3) is 5.51. The third-order valence-electron chi connectivity index (χ3n) is 5.65. The van der Waals surface area contributed by atoms with Gasteiger partial charge in [0.2, 0.25) is 0 Å². The number of benzene rings is 1. The second kappa shape index (κ2) is 9.94. The summed E-state index contributed by atoms with van der Waals surface area (Å²) in [6.45, 7) is 5.89. The molecule has 1 aliphatic carbocycles. The molecule has 156 valence electrons. The summed E-state index contributed by atoms with van der Waals surface area (Å²) in [5, 5.41) is 3.33. The van der Waals surface area contributed by atoms with E-state index in [4.69, 9.17) is 13.9 Å². The van der Waals surface area contributed by atoms with Crippen LogP contribution in [0.1, 0.15) is 54.2 Å². The van der Waals surface area contributed by atoms with Crippen LogP contribution in [-0.4, -0.2) is 36.2 Å². The fourth-order valence-corrected chi connectivity index (χ4v) is 4.82. The van der Waals surface area contributed by atoms with Crippen LogP contribution in [0.2, 0.25) is 0 Å². The Morgan fingerprint density at radius 3 is 3.00 bits per heavy atom. The van der Waals surface area contributed by atoms with Crippen molar-refractivity contribution in [1.29, 1.82) is 0 Å². The van der Waals surface area contributed by atoms with Crippen LogP contribution < -0.4 is 5.32 Å². The Balaban J connectivity index is 1.42. The van der Waals surface area contributed by atoms with E-state index in [1.807, 2.05) is 11.8 Å². The van der Waals surface area contributed by atoms with Gasteiger partial charge in [-0.05, 0) is 61.6 Å². The quantitative estimate of drug-likeness (QED) is 0.695. The predicted molar refractivity (Wildman–Crippen MR) is 116 cm³/mol. The summed E-state index contributed by atoms with van der Waals surface area (Å²) >= 11 is 1.87. The predicted octanol–water partition coefficient (Wildman–Crippen LogP) is 4.90. The Morgan fingerprint density at radius 2 is 2.21 bits per heavy atom. The van der Waals surface area contributed by atoms with Gasteiger partial charge in [-0.25, -0.2) is 4.98 Å². The molecule has 3 atom stereocenters. The molecule has 29 heavy (non-hydrogen) atoms. The summed E-state index contributed by atoms with van der Waals surface area (Å²) in [4.78, 5) is 5.79. The molecule has 1 aromatic heterocycles. The van der Waals surface area contributed by atoms with Crippen LogP contribution in [0.4, 0.5) is 0 Å². The molecular weight excluding hydrogens is 384 g/mol. The van der Waals surface area contributed by atoms with Crippen molar-refractivity contribution in [2.24, 2.45) is 0 Å². The van der Waals surface area contributed by atoms with E-state index in [1.54, 1.807) is 6.26 Å². The van der Waals surface area contributed by atoms with Crippen molar-refractivity contribution in [2.75, 3.05) is 19.0 Å². The number of thioether (sulfide) groups is 1. The topological polar surface area (TPSA) is 56.5 Å². The molecule has 0 spiro atoms. The van der Waals surface area contributed by atoms with Crippen LogP contribution in [-0.2, 0) is 9.47 Å². The minimum absolute atomic E-state index is 0.158. The second-order valence-electron chi connectivity index (χ2n) is 7.92. The summed E-state index contributed by atoms with van der Waals surface area (Å²) < 4.78 is 18.1. The fourth-order valence-electron chi connectivity index (χ4n) is 4.04. The first-order chi connectivity index (χ1) is 14.2. The van der Waals surface area contributed by atoms with Gasteiger partial charge in [0.1, 0.15) is 18.1 Å². The third-order valence-corrected chi connectivity index (χ3v) is 6.68. The lowest BCUT2D eigenvalue weighted by molar-refractivity contribution is -0.0607. The first kappa shape index (κ1) is 20.7. The van der Waals surface area contributed by atoms with Crippen LogP contribution in [0, 0.1) is 13.8 Å². The summed E-state index contributed by atoms with van der Waals surface area (Å²) in [5.74, 6) is 1.01. The van der Waals surface area contributed by atoms with Crippen molar-refractivity contribution in [3.05, 3.63) is 64.2 Å². The van der Waals surface area contributed by atoms with Gasteiger partial charge in [-0.3, -0.25) is 0 Å². The molecule has 1 saturated carbocycles. The zero-order valence-corrected chi connectivity index (χ0v) is 18.0. The van der Waals surface area contributed by atoms with E-state index >= 15 is 0 Å². The smallest absolute Gasteiger partial charge is 0.180 e. The number of rotatable bonds is 7. The number of nitrogens with one attached hydrogen (secondary N) is 1. The molecule has 2 heterocycles.